The van der Waals surface area contributed by atoms with E-state index in [9.17, 15) is 9.59 Å². The minimum atomic E-state index is -0.861. The largest absolute Gasteiger partial charge is 0.508 e. The number of cyclic esters (lactones) is 2. The standard InChI is InChI=1S/C11H18O5/c1-3-4-5-6-14-9(12)11(2)7-15-10(13)16-8-11/h3-8H2,1-2H3. The number of ether oxygens (including phenoxy) is 3. The fraction of sp³-hybridized carbons (Fsp3) is 0.818. The zero-order valence-electron chi connectivity index (χ0n) is 9.78. The van der Waals surface area contributed by atoms with Crippen molar-refractivity contribution in [1.29, 1.82) is 0 Å². The number of unbranched alkanes of at least 4 members (excludes halogenated alkanes) is 2. The van der Waals surface area contributed by atoms with E-state index in [0.717, 1.165) is 19.3 Å². The van der Waals surface area contributed by atoms with Gasteiger partial charge in [0.15, 0.2) is 0 Å². The van der Waals surface area contributed by atoms with E-state index < -0.39 is 11.6 Å². The van der Waals surface area contributed by atoms with Crippen molar-refractivity contribution in [2.24, 2.45) is 5.41 Å². The molecule has 0 amide bonds. The molecule has 0 unspecified atom stereocenters. The summed E-state index contributed by atoms with van der Waals surface area (Å²) in [4.78, 5) is 22.4. The molecule has 0 aromatic carbocycles. The Labute approximate surface area is 95.0 Å². The first-order valence-electron chi connectivity index (χ1n) is 5.55. The van der Waals surface area contributed by atoms with Gasteiger partial charge in [-0.3, -0.25) is 4.79 Å². The van der Waals surface area contributed by atoms with E-state index >= 15 is 0 Å². The number of hydrogen-bond donors (Lipinski definition) is 0. The van der Waals surface area contributed by atoms with E-state index in [4.69, 9.17) is 4.74 Å². The van der Waals surface area contributed by atoms with Gasteiger partial charge in [0.2, 0.25) is 0 Å². The second kappa shape index (κ2) is 5.72. The molecule has 16 heavy (non-hydrogen) atoms. The molecule has 0 aromatic rings. The molecular formula is C11H18O5. The van der Waals surface area contributed by atoms with E-state index in [1.165, 1.54) is 0 Å². The first kappa shape index (κ1) is 12.8. The molecule has 0 saturated carbocycles. The lowest BCUT2D eigenvalue weighted by atomic mass is 9.93. The van der Waals surface area contributed by atoms with Crippen molar-refractivity contribution in [3.8, 4) is 0 Å². The fourth-order valence-corrected chi connectivity index (χ4v) is 1.33. The Hall–Kier alpha value is -1.26. The molecule has 5 heteroatoms. The molecule has 0 aliphatic carbocycles. The van der Waals surface area contributed by atoms with Gasteiger partial charge in [0.25, 0.3) is 0 Å². The summed E-state index contributed by atoms with van der Waals surface area (Å²) in [6.45, 7) is 4.21. The summed E-state index contributed by atoms with van der Waals surface area (Å²) in [5.41, 5.74) is -0.861. The van der Waals surface area contributed by atoms with Crippen molar-refractivity contribution < 1.29 is 23.8 Å². The molecule has 0 aromatic heterocycles. The quantitative estimate of drug-likeness (QED) is 0.533. The highest BCUT2D eigenvalue weighted by atomic mass is 16.7. The van der Waals surface area contributed by atoms with Gasteiger partial charge in [-0.1, -0.05) is 19.8 Å². The van der Waals surface area contributed by atoms with Crippen LogP contribution in [-0.4, -0.2) is 31.9 Å². The number of carbonyl (C=O) groups is 2. The zero-order chi connectivity index (χ0) is 12.0. The van der Waals surface area contributed by atoms with E-state index in [1.807, 2.05) is 0 Å². The van der Waals surface area contributed by atoms with Crippen LogP contribution in [0.1, 0.15) is 33.1 Å². The highest BCUT2D eigenvalue weighted by Crippen LogP contribution is 2.24. The first-order chi connectivity index (χ1) is 7.58. The van der Waals surface area contributed by atoms with Crippen molar-refractivity contribution >= 4 is 12.1 Å². The molecule has 0 N–H and O–H groups in total. The Kier molecular flexibility index (Phi) is 4.58. The molecule has 0 atom stereocenters. The molecule has 0 spiro atoms. The van der Waals surface area contributed by atoms with Crippen LogP contribution in [0.5, 0.6) is 0 Å². The van der Waals surface area contributed by atoms with Crippen molar-refractivity contribution in [2.45, 2.75) is 33.1 Å². The molecule has 0 bridgehead atoms. The van der Waals surface area contributed by atoms with Gasteiger partial charge in [-0.25, -0.2) is 4.79 Å². The normalized spacial score (nSPS) is 18.5. The van der Waals surface area contributed by atoms with Crippen LogP contribution in [0.15, 0.2) is 0 Å². The average Bonchev–Trinajstić information content (AvgIpc) is 2.28. The summed E-state index contributed by atoms with van der Waals surface area (Å²) >= 11 is 0. The Morgan fingerprint density at radius 2 is 2.00 bits per heavy atom. The molecule has 1 saturated heterocycles. The van der Waals surface area contributed by atoms with Crippen LogP contribution in [-0.2, 0) is 19.0 Å². The molecule has 1 heterocycles. The fourth-order valence-electron chi connectivity index (χ4n) is 1.33. The first-order valence-corrected chi connectivity index (χ1v) is 5.55. The Bertz CT molecular complexity index is 251. The van der Waals surface area contributed by atoms with Gasteiger partial charge in [0.05, 0.1) is 6.61 Å². The molecule has 0 radical (unpaired) electrons. The van der Waals surface area contributed by atoms with E-state index in [0.29, 0.717) is 6.61 Å². The SMILES string of the molecule is CCCCCOC(=O)C1(C)COC(=O)OC1. The Morgan fingerprint density at radius 3 is 2.56 bits per heavy atom. The van der Waals surface area contributed by atoms with Crippen molar-refractivity contribution in [3.63, 3.8) is 0 Å². The van der Waals surface area contributed by atoms with Crippen molar-refractivity contribution in [2.75, 3.05) is 19.8 Å². The van der Waals surface area contributed by atoms with Gasteiger partial charge in [-0.05, 0) is 13.3 Å². The maximum atomic E-state index is 11.7. The second-order valence-corrected chi connectivity index (χ2v) is 4.23. The lowest BCUT2D eigenvalue weighted by Gasteiger charge is -2.29. The van der Waals surface area contributed by atoms with Crippen LogP contribution < -0.4 is 0 Å². The van der Waals surface area contributed by atoms with Gasteiger partial charge in [0.1, 0.15) is 18.6 Å². The minimum Gasteiger partial charge on any atom is -0.465 e. The monoisotopic (exact) mass is 230 g/mol. The molecule has 1 aliphatic rings. The van der Waals surface area contributed by atoms with Crippen LogP contribution in [0, 0.1) is 5.41 Å². The van der Waals surface area contributed by atoms with E-state index in [1.54, 1.807) is 6.92 Å². The molecular weight excluding hydrogens is 212 g/mol. The van der Waals surface area contributed by atoms with Gasteiger partial charge >= 0.3 is 12.1 Å². The number of hydrogen-bond acceptors (Lipinski definition) is 5. The third-order valence-electron chi connectivity index (χ3n) is 2.49. The zero-order valence-corrected chi connectivity index (χ0v) is 9.78. The summed E-state index contributed by atoms with van der Waals surface area (Å²) in [6, 6.07) is 0. The van der Waals surface area contributed by atoms with Crippen LogP contribution >= 0.6 is 0 Å². The Balaban J connectivity index is 2.32. The van der Waals surface area contributed by atoms with E-state index in [2.05, 4.69) is 16.4 Å². The molecule has 1 rings (SSSR count). The lowest BCUT2D eigenvalue weighted by Crippen LogP contribution is -2.44. The third kappa shape index (κ3) is 3.40. The average molecular weight is 230 g/mol. The van der Waals surface area contributed by atoms with Gasteiger partial charge in [-0.15, -0.1) is 0 Å². The molecule has 92 valence electrons. The van der Waals surface area contributed by atoms with E-state index in [-0.39, 0.29) is 19.2 Å². The maximum absolute atomic E-state index is 11.7. The summed E-state index contributed by atoms with van der Waals surface area (Å²) in [6.07, 6.45) is 2.25. The van der Waals surface area contributed by atoms with Crippen LogP contribution in [0.2, 0.25) is 0 Å². The predicted molar refractivity (Wildman–Crippen MR) is 55.9 cm³/mol. The van der Waals surface area contributed by atoms with Gasteiger partial charge in [0, 0.05) is 0 Å². The van der Waals surface area contributed by atoms with Crippen LogP contribution in [0.4, 0.5) is 4.79 Å². The number of carbonyl (C=O) groups excluding carboxylic acids is 2. The number of esters is 1. The highest BCUT2D eigenvalue weighted by Gasteiger charge is 2.41. The van der Waals surface area contributed by atoms with Crippen molar-refractivity contribution in [3.05, 3.63) is 0 Å². The smallest absolute Gasteiger partial charge is 0.465 e. The predicted octanol–water partition coefficient (Wildman–Crippen LogP) is 1.89. The summed E-state index contributed by atoms with van der Waals surface area (Å²) < 4.78 is 14.5. The molecule has 1 aliphatic heterocycles. The minimum absolute atomic E-state index is 0.0262. The lowest BCUT2D eigenvalue weighted by molar-refractivity contribution is -0.166. The van der Waals surface area contributed by atoms with Gasteiger partial charge < -0.3 is 14.2 Å². The van der Waals surface area contributed by atoms with Gasteiger partial charge in [-0.2, -0.15) is 0 Å². The topological polar surface area (TPSA) is 61.8 Å². The van der Waals surface area contributed by atoms with Crippen LogP contribution in [0.25, 0.3) is 0 Å². The summed E-state index contributed by atoms with van der Waals surface area (Å²) in [5.74, 6) is -0.365. The Morgan fingerprint density at radius 1 is 1.38 bits per heavy atom. The molecule has 5 nitrogen and oxygen atoms in total. The third-order valence-corrected chi connectivity index (χ3v) is 2.49. The van der Waals surface area contributed by atoms with Crippen LogP contribution in [0.3, 0.4) is 0 Å². The van der Waals surface area contributed by atoms with Crippen molar-refractivity contribution in [1.82, 2.24) is 0 Å². The molecule has 1 fully saturated rings. The highest BCUT2D eigenvalue weighted by molar-refractivity contribution is 5.78. The maximum Gasteiger partial charge on any atom is 0.508 e. The summed E-state index contributed by atoms with van der Waals surface area (Å²) in [7, 11) is 0. The summed E-state index contributed by atoms with van der Waals surface area (Å²) in [5, 5.41) is 0. The second-order valence-electron chi connectivity index (χ2n) is 4.23. The number of rotatable bonds is 5.